The lowest BCUT2D eigenvalue weighted by molar-refractivity contribution is -0.272. The highest BCUT2D eigenvalue weighted by Gasteiger charge is 2.58. The second kappa shape index (κ2) is 16.2. The monoisotopic (exact) mass is 845 g/mol. The number of para-hydroxylation sites is 3. The summed E-state index contributed by atoms with van der Waals surface area (Å²) in [4.78, 5) is 13.6. The smallest absolute Gasteiger partial charge is 0.419 e. The molecule has 2 unspecified atom stereocenters. The van der Waals surface area contributed by atoms with E-state index in [1.54, 1.807) is 67.3 Å². The number of fused-ring (bicyclic) bond motifs is 3. The molecular weight excluding hydrogens is 799 g/mol. The van der Waals surface area contributed by atoms with Crippen LogP contribution in [0.3, 0.4) is 0 Å². The van der Waals surface area contributed by atoms with Gasteiger partial charge in [-0.1, -0.05) is 82.3 Å². The number of alkyl halides is 6. The highest BCUT2D eigenvalue weighted by atomic mass is 19.4. The van der Waals surface area contributed by atoms with Gasteiger partial charge in [-0.2, -0.15) is 26.3 Å². The van der Waals surface area contributed by atoms with Crippen LogP contribution >= 0.6 is 0 Å². The van der Waals surface area contributed by atoms with Crippen molar-refractivity contribution in [3.63, 3.8) is 0 Å². The number of hydrogen-bond acceptors (Lipinski definition) is 7. The molecule has 2 atom stereocenters. The summed E-state index contributed by atoms with van der Waals surface area (Å²) in [6.45, 7) is 5.15. The maximum Gasteiger partial charge on any atom is 0.419 e. The molecule has 0 saturated heterocycles. The number of nitrogens with one attached hydrogen (secondary N) is 1. The predicted octanol–water partition coefficient (Wildman–Crippen LogP) is 9.05. The molecule has 0 aliphatic carbocycles. The first-order valence-corrected chi connectivity index (χ1v) is 19.0. The topological polar surface area (TPSA) is 109 Å². The fraction of sp³-hybridized carbons (Fsp3) is 0.386. The molecule has 0 radical (unpaired) electrons. The summed E-state index contributed by atoms with van der Waals surface area (Å²) in [6.07, 6.45) is -7.46. The van der Waals surface area contributed by atoms with Crippen LogP contribution in [-0.4, -0.2) is 70.5 Å². The van der Waals surface area contributed by atoms with Crippen LogP contribution in [0, 0.1) is 5.82 Å². The quantitative estimate of drug-likeness (QED) is 0.114. The van der Waals surface area contributed by atoms with E-state index in [9.17, 15) is 45.7 Å². The molecule has 0 bridgehead atoms. The molecule has 1 aromatic heterocycles. The van der Waals surface area contributed by atoms with Crippen LogP contribution in [0.1, 0.15) is 57.2 Å². The Morgan fingerprint density at radius 1 is 0.767 bits per heavy atom. The van der Waals surface area contributed by atoms with Crippen molar-refractivity contribution in [1.29, 1.82) is 0 Å². The molecule has 322 valence electrons. The molecule has 0 amide bonds. The number of rotatable bonds is 11. The van der Waals surface area contributed by atoms with Gasteiger partial charge in [0.05, 0.1) is 31.1 Å². The van der Waals surface area contributed by atoms with Gasteiger partial charge in [-0.25, -0.2) is 4.39 Å². The number of halogens is 7. The van der Waals surface area contributed by atoms with Crippen LogP contribution in [0.25, 0.3) is 17.0 Å². The van der Waals surface area contributed by atoms with Gasteiger partial charge >= 0.3 is 12.4 Å². The van der Waals surface area contributed by atoms with Crippen molar-refractivity contribution in [1.82, 2.24) is 9.78 Å². The number of benzene rings is 4. The van der Waals surface area contributed by atoms with Crippen LogP contribution in [0.15, 0.2) is 95.8 Å². The fourth-order valence-electron chi connectivity index (χ4n) is 8.13. The molecule has 2 aliphatic heterocycles. The minimum atomic E-state index is -5.02. The summed E-state index contributed by atoms with van der Waals surface area (Å²) in [7, 11) is 1.33. The first kappa shape index (κ1) is 44.1. The van der Waals surface area contributed by atoms with Crippen LogP contribution in [0.2, 0.25) is 0 Å². The van der Waals surface area contributed by atoms with E-state index in [1.807, 2.05) is 18.2 Å². The SMILES string of the molecule is CC(C)(CC(O)(CN1CC=Cc2ccccc21)C(F)(F)F)c1cccc2c1OCO2.COc1ccc(F)cc1C(C)(C)CC(O)(Cn1[nH]c(=O)c2ccccc21)C(F)(F)F. The van der Waals surface area contributed by atoms with E-state index >= 15 is 0 Å². The van der Waals surface area contributed by atoms with Crippen molar-refractivity contribution in [3.05, 3.63) is 124 Å². The molecule has 0 fully saturated rings. The Labute approximate surface area is 341 Å². The number of methoxy groups -OCH3 is 1. The zero-order valence-electron chi connectivity index (χ0n) is 33.5. The van der Waals surface area contributed by atoms with E-state index in [4.69, 9.17) is 14.2 Å². The van der Waals surface area contributed by atoms with Crippen molar-refractivity contribution in [3.8, 4) is 17.2 Å². The summed E-state index contributed by atoms with van der Waals surface area (Å²) < 4.78 is 116. The van der Waals surface area contributed by atoms with Gasteiger partial charge in [-0.15, -0.1) is 0 Å². The summed E-state index contributed by atoms with van der Waals surface area (Å²) in [5, 5.41) is 24.4. The number of H-pyrrole nitrogens is 1. The minimum absolute atomic E-state index is 0.0306. The number of aromatic amines is 1. The third-order valence-corrected chi connectivity index (χ3v) is 11.0. The summed E-state index contributed by atoms with van der Waals surface area (Å²) in [5.74, 6) is 0.533. The average molecular weight is 846 g/mol. The number of hydrogen-bond donors (Lipinski definition) is 3. The molecular formula is C44H46F7N3O6. The normalized spacial score (nSPS) is 16.1. The maximum absolute atomic E-state index is 14.2. The van der Waals surface area contributed by atoms with Crippen molar-refractivity contribution >= 4 is 22.7 Å². The Hall–Kier alpha value is -5.48. The lowest BCUT2D eigenvalue weighted by atomic mass is 9.74. The molecule has 16 heteroatoms. The number of nitrogens with zero attached hydrogens (tertiary/aromatic N) is 2. The number of β-amino-alcohol motifs (C(OH)–C–C–N with tert-alkyl or cyclic N) is 1. The number of anilines is 1. The average Bonchev–Trinajstić information content (AvgIpc) is 3.78. The number of aliphatic hydroxyl groups is 2. The van der Waals surface area contributed by atoms with Crippen LogP contribution in [-0.2, 0) is 17.4 Å². The molecule has 7 rings (SSSR count). The summed E-state index contributed by atoms with van der Waals surface area (Å²) in [6, 6.07) is 22.1. The van der Waals surface area contributed by atoms with Gasteiger partial charge in [0.25, 0.3) is 5.56 Å². The third kappa shape index (κ3) is 8.85. The second-order valence-corrected chi connectivity index (χ2v) is 16.4. The molecule has 0 saturated carbocycles. The Morgan fingerprint density at radius 2 is 1.40 bits per heavy atom. The maximum atomic E-state index is 14.2. The Bertz CT molecular complexity index is 2420. The van der Waals surface area contributed by atoms with Gasteiger partial charge in [-0.05, 0) is 71.7 Å². The fourth-order valence-corrected chi connectivity index (χ4v) is 8.13. The van der Waals surface area contributed by atoms with Crippen molar-refractivity contribution in [2.24, 2.45) is 0 Å². The molecule has 60 heavy (non-hydrogen) atoms. The van der Waals surface area contributed by atoms with Crippen LogP contribution in [0.5, 0.6) is 17.2 Å². The lowest BCUT2D eigenvalue weighted by Gasteiger charge is -2.42. The molecule has 3 heterocycles. The highest BCUT2D eigenvalue weighted by Crippen LogP contribution is 2.48. The highest BCUT2D eigenvalue weighted by molar-refractivity contribution is 5.78. The lowest BCUT2D eigenvalue weighted by Crippen LogP contribution is -2.56. The van der Waals surface area contributed by atoms with Gasteiger partial charge in [0.1, 0.15) is 11.6 Å². The van der Waals surface area contributed by atoms with Gasteiger partial charge in [0, 0.05) is 23.4 Å². The van der Waals surface area contributed by atoms with E-state index in [-0.39, 0.29) is 29.0 Å². The van der Waals surface area contributed by atoms with Gasteiger partial charge in [-0.3, -0.25) is 14.6 Å². The van der Waals surface area contributed by atoms with Gasteiger partial charge in [0.2, 0.25) is 6.79 Å². The standard InChI is InChI=1S/C23H24F3NO3.C21H22F4N2O3/c1-21(2,17-9-5-11-19-20(17)30-15-29-19)13-22(28,23(24,25)26)14-27-12-6-8-16-7-3-4-10-18(16)27;1-19(2,15-10-13(22)8-9-17(15)30-3)11-20(29,21(23,24)25)12-27-16-7-5-4-6-14(16)18(28)26-27/h3-11,28H,12-15H2,1-2H3;4-10,29H,11-12H2,1-3H3,(H,26,28). The summed E-state index contributed by atoms with van der Waals surface area (Å²) >= 11 is 0. The molecule has 2 aliphatic rings. The molecule has 5 aromatic rings. The van der Waals surface area contributed by atoms with Crippen LogP contribution < -0.4 is 24.7 Å². The third-order valence-electron chi connectivity index (χ3n) is 11.0. The Kier molecular flexibility index (Phi) is 11.9. The molecule has 3 N–H and O–H groups in total. The number of aromatic nitrogens is 2. The van der Waals surface area contributed by atoms with E-state index in [2.05, 4.69) is 5.10 Å². The second-order valence-electron chi connectivity index (χ2n) is 16.4. The Morgan fingerprint density at radius 3 is 2.08 bits per heavy atom. The van der Waals surface area contributed by atoms with Gasteiger partial charge < -0.3 is 29.3 Å². The first-order chi connectivity index (χ1) is 28.0. The van der Waals surface area contributed by atoms with E-state index < -0.39 is 71.7 Å². The summed E-state index contributed by atoms with van der Waals surface area (Å²) in [5.41, 5.74) is -6.49. The first-order valence-electron chi connectivity index (χ1n) is 19.0. The largest absolute Gasteiger partial charge is 0.496 e. The Balaban J connectivity index is 0.000000201. The zero-order valence-corrected chi connectivity index (χ0v) is 33.5. The van der Waals surface area contributed by atoms with E-state index in [0.717, 1.165) is 22.4 Å². The molecule has 0 spiro atoms. The molecule has 9 nitrogen and oxygen atoms in total. The number of ether oxygens (including phenoxy) is 3. The zero-order chi connectivity index (χ0) is 43.9. The van der Waals surface area contributed by atoms with Crippen molar-refractivity contribution in [2.75, 3.05) is 31.9 Å². The molecule has 4 aromatic carbocycles. The van der Waals surface area contributed by atoms with Crippen molar-refractivity contribution < 1.29 is 55.2 Å². The van der Waals surface area contributed by atoms with Crippen LogP contribution in [0.4, 0.5) is 36.4 Å². The minimum Gasteiger partial charge on any atom is -0.496 e. The predicted molar refractivity (Wildman–Crippen MR) is 213 cm³/mol. The van der Waals surface area contributed by atoms with Gasteiger partial charge in [0.15, 0.2) is 22.7 Å². The van der Waals surface area contributed by atoms with Crippen molar-refractivity contribution in [2.45, 2.75) is 81.5 Å². The van der Waals surface area contributed by atoms with E-state index in [1.165, 1.54) is 39.2 Å². The van der Waals surface area contributed by atoms with E-state index in [0.29, 0.717) is 29.3 Å².